The van der Waals surface area contributed by atoms with E-state index in [0.717, 1.165) is 5.56 Å². The summed E-state index contributed by atoms with van der Waals surface area (Å²) < 4.78 is 0. The van der Waals surface area contributed by atoms with Crippen molar-refractivity contribution in [3.8, 4) is 0 Å². The molecule has 1 atom stereocenters. The molecule has 98 valence electrons. The fourth-order valence-corrected chi connectivity index (χ4v) is 1.47. The second-order valence-electron chi connectivity index (χ2n) is 4.01. The normalized spacial score (nSPS) is 11.7. The van der Waals surface area contributed by atoms with Crippen LogP contribution < -0.4 is 5.32 Å². The molecule has 0 saturated heterocycles. The molecule has 0 heterocycles. The molecule has 0 aliphatic carbocycles. The van der Waals surface area contributed by atoms with Gasteiger partial charge in [-0.15, -0.1) is 0 Å². The molecule has 0 unspecified atom stereocenters. The Hall–Kier alpha value is -2.04. The lowest BCUT2D eigenvalue weighted by Crippen LogP contribution is -2.46. The molecule has 0 aromatic heterocycles. The number of rotatable bonds is 5. The summed E-state index contributed by atoms with van der Waals surface area (Å²) in [5.41, 5.74) is 1.01. The number of carbonyl (C=O) groups is 2. The highest BCUT2D eigenvalue weighted by Gasteiger charge is 2.18. The van der Waals surface area contributed by atoms with Crippen LogP contribution >= 0.6 is 0 Å². The van der Waals surface area contributed by atoms with Crippen molar-refractivity contribution in [2.24, 2.45) is 0 Å². The predicted octanol–water partition coefficient (Wildman–Crippen LogP) is 1.69. The number of carbonyl (C=O) groups excluding carboxylic acids is 1. The highest BCUT2D eigenvalue weighted by molar-refractivity contribution is 5.82. The lowest BCUT2D eigenvalue weighted by molar-refractivity contribution is -0.138. The number of hydrogen-bond acceptors (Lipinski definition) is 2. The van der Waals surface area contributed by atoms with E-state index in [2.05, 4.69) is 5.32 Å². The topological polar surface area (TPSA) is 69.6 Å². The van der Waals surface area contributed by atoms with E-state index in [1.54, 1.807) is 4.90 Å². The Labute approximate surface area is 106 Å². The number of carboxylic acid groups (broad SMARTS) is 1. The molecule has 0 fully saturated rings. The number of urea groups is 1. The SMILES string of the molecule is CCN(Cc1ccccc1)C(=O)N[C@@H](C)C(=O)O. The van der Waals surface area contributed by atoms with Crippen molar-refractivity contribution < 1.29 is 14.7 Å². The minimum atomic E-state index is -1.04. The summed E-state index contributed by atoms with van der Waals surface area (Å²) in [6.07, 6.45) is 0. The van der Waals surface area contributed by atoms with Gasteiger partial charge in [0.15, 0.2) is 0 Å². The molecule has 1 aromatic carbocycles. The maximum absolute atomic E-state index is 11.8. The maximum atomic E-state index is 11.8. The molecular weight excluding hydrogens is 232 g/mol. The van der Waals surface area contributed by atoms with Gasteiger partial charge in [0.1, 0.15) is 6.04 Å². The molecule has 5 heteroatoms. The average molecular weight is 250 g/mol. The van der Waals surface area contributed by atoms with Gasteiger partial charge in [0, 0.05) is 13.1 Å². The number of benzene rings is 1. The van der Waals surface area contributed by atoms with Crippen molar-refractivity contribution in [1.29, 1.82) is 0 Å². The highest BCUT2D eigenvalue weighted by atomic mass is 16.4. The molecule has 0 bridgehead atoms. The summed E-state index contributed by atoms with van der Waals surface area (Å²) in [4.78, 5) is 24.1. The second kappa shape index (κ2) is 6.64. The van der Waals surface area contributed by atoms with Crippen LogP contribution in [0.1, 0.15) is 19.4 Å². The maximum Gasteiger partial charge on any atom is 0.325 e. The zero-order valence-electron chi connectivity index (χ0n) is 10.6. The molecule has 2 N–H and O–H groups in total. The van der Waals surface area contributed by atoms with Crippen molar-refractivity contribution in [1.82, 2.24) is 10.2 Å². The molecule has 0 aliphatic rings. The molecule has 0 saturated carbocycles. The Morgan fingerprint density at radius 1 is 1.33 bits per heavy atom. The molecule has 2 amide bonds. The van der Waals surface area contributed by atoms with Crippen LogP contribution in [0.5, 0.6) is 0 Å². The summed E-state index contributed by atoms with van der Waals surface area (Å²) in [6, 6.07) is 8.32. The molecule has 1 aromatic rings. The zero-order valence-corrected chi connectivity index (χ0v) is 10.6. The first-order chi connectivity index (χ1) is 8.54. The van der Waals surface area contributed by atoms with Crippen LogP contribution in [0, 0.1) is 0 Å². The quantitative estimate of drug-likeness (QED) is 0.835. The van der Waals surface area contributed by atoms with E-state index in [-0.39, 0.29) is 6.03 Å². The van der Waals surface area contributed by atoms with Crippen LogP contribution in [0.15, 0.2) is 30.3 Å². The Bertz CT molecular complexity index is 406. The third-order valence-electron chi connectivity index (χ3n) is 2.60. The van der Waals surface area contributed by atoms with Gasteiger partial charge in [0.05, 0.1) is 0 Å². The van der Waals surface area contributed by atoms with Gasteiger partial charge in [0.25, 0.3) is 0 Å². The van der Waals surface area contributed by atoms with Crippen molar-refractivity contribution >= 4 is 12.0 Å². The molecule has 0 aliphatic heterocycles. The van der Waals surface area contributed by atoms with E-state index in [4.69, 9.17) is 5.11 Å². The van der Waals surface area contributed by atoms with Crippen LogP contribution in [0.3, 0.4) is 0 Å². The molecule has 18 heavy (non-hydrogen) atoms. The van der Waals surface area contributed by atoms with E-state index < -0.39 is 12.0 Å². The van der Waals surface area contributed by atoms with E-state index >= 15 is 0 Å². The van der Waals surface area contributed by atoms with E-state index in [1.807, 2.05) is 37.3 Å². The van der Waals surface area contributed by atoms with Gasteiger partial charge >= 0.3 is 12.0 Å². The number of carboxylic acids is 1. The fraction of sp³-hybridized carbons (Fsp3) is 0.385. The Balaban J connectivity index is 2.61. The number of hydrogen-bond donors (Lipinski definition) is 2. The van der Waals surface area contributed by atoms with E-state index in [1.165, 1.54) is 6.92 Å². The molecule has 0 spiro atoms. The number of amides is 2. The van der Waals surface area contributed by atoms with Crippen molar-refractivity contribution in [3.63, 3.8) is 0 Å². The number of nitrogens with zero attached hydrogens (tertiary/aromatic N) is 1. The lowest BCUT2D eigenvalue weighted by atomic mass is 10.2. The van der Waals surface area contributed by atoms with Crippen LogP contribution in [0.25, 0.3) is 0 Å². The first-order valence-electron chi connectivity index (χ1n) is 5.86. The van der Waals surface area contributed by atoms with Gasteiger partial charge in [-0.25, -0.2) is 4.79 Å². The minimum absolute atomic E-state index is 0.365. The van der Waals surface area contributed by atoms with Gasteiger partial charge in [-0.1, -0.05) is 30.3 Å². The largest absolute Gasteiger partial charge is 0.480 e. The number of aliphatic carboxylic acids is 1. The second-order valence-corrected chi connectivity index (χ2v) is 4.01. The monoisotopic (exact) mass is 250 g/mol. The van der Waals surface area contributed by atoms with Gasteiger partial charge in [-0.3, -0.25) is 4.79 Å². The first-order valence-corrected chi connectivity index (χ1v) is 5.86. The summed E-state index contributed by atoms with van der Waals surface area (Å²) >= 11 is 0. The predicted molar refractivity (Wildman–Crippen MR) is 68.2 cm³/mol. The van der Waals surface area contributed by atoms with Crippen LogP contribution in [-0.2, 0) is 11.3 Å². The summed E-state index contributed by atoms with van der Waals surface area (Å²) in [5.74, 6) is -1.04. The van der Waals surface area contributed by atoms with Gasteiger partial charge < -0.3 is 15.3 Å². The standard InChI is InChI=1S/C13H18N2O3/c1-3-15(9-11-7-5-4-6-8-11)13(18)14-10(2)12(16)17/h4-8,10H,3,9H2,1-2H3,(H,14,18)(H,16,17)/t10-/m0/s1. The Kier molecular flexibility index (Phi) is 5.17. The summed E-state index contributed by atoms with van der Waals surface area (Å²) in [7, 11) is 0. The zero-order chi connectivity index (χ0) is 13.5. The van der Waals surface area contributed by atoms with Gasteiger partial charge in [-0.2, -0.15) is 0 Å². The number of nitrogens with one attached hydrogen (secondary N) is 1. The highest BCUT2D eigenvalue weighted by Crippen LogP contribution is 2.04. The van der Waals surface area contributed by atoms with E-state index in [0.29, 0.717) is 13.1 Å². The lowest BCUT2D eigenvalue weighted by Gasteiger charge is -2.22. The first kappa shape index (κ1) is 14.0. The molecule has 0 radical (unpaired) electrons. The molecular formula is C13H18N2O3. The van der Waals surface area contributed by atoms with Crippen molar-refractivity contribution in [3.05, 3.63) is 35.9 Å². The van der Waals surface area contributed by atoms with E-state index in [9.17, 15) is 9.59 Å². The van der Waals surface area contributed by atoms with Crippen LogP contribution in [0.4, 0.5) is 4.79 Å². The van der Waals surface area contributed by atoms with Crippen LogP contribution in [-0.4, -0.2) is 34.6 Å². The molecule has 5 nitrogen and oxygen atoms in total. The van der Waals surface area contributed by atoms with Crippen molar-refractivity contribution in [2.75, 3.05) is 6.54 Å². The third-order valence-corrected chi connectivity index (χ3v) is 2.60. The van der Waals surface area contributed by atoms with Gasteiger partial charge in [-0.05, 0) is 19.4 Å². The Morgan fingerprint density at radius 3 is 2.44 bits per heavy atom. The minimum Gasteiger partial charge on any atom is -0.480 e. The smallest absolute Gasteiger partial charge is 0.325 e. The summed E-state index contributed by atoms with van der Waals surface area (Å²) in [6.45, 7) is 4.28. The fourth-order valence-electron chi connectivity index (χ4n) is 1.47. The van der Waals surface area contributed by atoms with Crippen molar-refractivity contribution in [2.45, 2.75) is 26.4 Å². The third kappa shape index (κ3) is 4.08. The summed E-state index contributed by atoms with van der Waals surface area (Å²) in [5, 5.41) is 11.2. The Morgan fingerprint density at radius 2 is 1.94 bits per heavy atom. The van der Waals surface area contributed by atoms with Gasteiger partial charge in [0.2, 0.25) is 0 Å². The molecule has 1 rings (SSSR count). The average Bonchev–Trinajstić information content (AvgIpc) is 2.36. The van der Waals surface area contributed by atoms with Crippen LogP contribution in [0.2, 0.25) is 0 Å².